The number of nitrogens with one attached hydrogen (secondary N) is 3. The average molecular weight is 215 g/mol. The maximum absolute atomic E-state index is 11.5. The standard InChI is InChI=1S/C9H17N3O3/c1-3-10-9(14)12-11-8(13)7-6(2)4-5-15-7/h6-7H,3-5H2,1-2H3,(H,11,13)(H2,10,12,14)/t6-,7-/m0/s1. The number of carbonyl (C=O) groups excluding carboxylic acids is 2. The lowest BCUT2D eigenvalue weighted by atomic mass is 10.0. The molecule has 0 radical (unpaired) electrons. The molecule has 0 aromatic rings. The van der Waals surface area contributed by atoms with Crippen molar-refractivity contribution in [3.05, 3.63) is 0 Å². The van der Waals surface area contributed by atoms with Crippen LogP contribution in [0.15, 0.2) is 0 Å². The SMILES string of the molecule is CCNC(=O)NNC(=O)[C@H]1OCC[C@@H]1C. The molecule has 6 nitrogen and oxygen atoms in total. The lowest BCUT2D eigenvalue weighted by molar-refractivity contribution is -0.132. The maximum Gasteiger partial charge on any atom is 0.333 e. The number of hydrogen-bond donors (Lipinski definition) is 3. The van der Waals surface area contributed by atoms with E-state index in [-0.39, 0.29) is 11.8 Å². The molecular weight excluding hydrogens is 198 g/mol. The van der Waals surface area contributed by atoms with Gasteiger partial charge in [-0.2, -0.15) is 0 Å². The van der Waals surface area contributed by atoms with Gasteiger partial charge < -0.3 is 10.1 Å². The van der Waals surface area contributed by atoms with E-state index in [1.54, 1.807) is 6.92 Å². The molecule has 1 aliphatic heterocycles. The molecule has 15 heavy (non-hydrogen) atoms. The van der Waals surface area contributed by atoms with Gasteiger partial charge in [0.05, 0.1) is 0 Å². The van der Waals surface area contributed by atoms with E-state index >= 15 is 0 Å². The van der Waals surface area contributed by atoms with Gasteiger partial charge in [0, 0.05) is 13.2 Å². The third kappa shape index (κ3) is 3.39. The molecule has 1 fully saturated rings. The van der Waals surface area contributed by atoms with Crippen molar-refractivity contribution in [3.63, 3.8) is 0 Å². The van der Waals surface area contributed by atoms with Gasteiger partial charge in [-0.25, -0.2) is 10.2 Å². The van der Waals surface area contributed by atoms with Gasteiger partial charge in [-0.15, -0.1) is 0 Å². The van der Waals surface area contributed by atoms with Crippen LogP contribution < -0.4 is 16.2 Å². The maximum atomic E-state index is 11.5. The third-order valence-corrected chi connectivity index (χ3v) is 2.28. The minimum atomic E-state index is -0.452. The van der Waals surface area contributed by atoms with Gasteiger partial charge in [0.2, 0.25) is 0 Å². The fraction of sp³-hybridized carbons (Fsp3) is 0.778. The van der Waals surface area contributed by atoms with Crippen molar-refractivity contribution in [1.29, 1.82) is 0 Å². The Hall–Kier alpha value is -1.30. The number of hydrogen-bond acceptors (Lipinski definition) is 3. The quantitative estimate of drug-likeness (QED) is 0.556. The van der Waals surface area contributed by atoms with Crippen LogP contribution in [0, 0.1) is 5.92 Å². The van der Waals surface area contributed by atoms with Crippen LogP contribution in [-0.2, 0) is 9.53 Å². The molecule has 86 valence electrons. The van der Waals surface area contributed by atoms with Crippen molar-refractivity contribution in [3.8, 4) is 0 Å². The predicted molar refractivity (Wildman–Crippen MR) is 53.9 cm³/mol. The average Bonchev–Trinajstić information content (AvgIpc) is 2.61. The van der Waals surface area contributed by atoms with Crippen molar-refractivity contribution in [2.24, 2.45) is 5.92 Å². The van der Waals surface area contributed by atoms with Crippen molar-refractivity contribution in [2.75, 3.05) is 13.2 Å². The smallest absolute Gasteiger partial charge is 0.333 e. The molecule has 1 heterocycles. The number of carbonyl (C=O) groups is 2. The first-order chi connectivity index (χ1) is 7.15. The zero-order valence-electron chi connectivity index (χ0n) is 9.00. The summed E-state index contributed by atoms with van der Waals surface area (Å²) in [6.07, 6.45) is 0.422. The van der Waals surface area contributed by atoms with E-state index in [0.717, 1.165) is 6.42 Å². The third-order valence-electron chi connectivity index (χ3n) is 2.28. The first-order valence-electron chi connectivity index (χ1n) is 5.10. The van der Waals surface area contributed by atoms with Crippen LogP contribution in [0.5, 0.6) is 0 Å². The second-order valence-electron chi connectivity index (χ2n) is 3.53. The second kappa shape index (κ2) is 5.55. The van der Waals surface area contributed by atoms with E-state index in [2.05, 4.69) is 16.2 Å². The fourth-order valence-corrected chi connectivity index (χ4v) is 1.42. The summed E-state index contributed by atoms with van der Waals surface area (Å²) in [5, 5.41) is 2.50. The van der Waals surface area contributed by atoms with Crippen LogP contribution >= 0.6 is 0 Å². The summed E-state index contributed by atoms with van der Waals surface area (Å²) < 4.78 is 5.24. The first-order valence-corrected chi connectivity index (χ1v) is 5.10. The van der Waals surface area contributed by atoms with E-state index in [1.807, 2.05) is 6.92 Å². The molecule has 0 spiro atoms. The molecule has 0 aromatic heterocycles. The lowest BCUT2D eigenvalue weighted by Crippen LogP contribution is -2.50. The summed E-state index contributed by atoms with van der Waals surface area (Å²) in [5.41, 5.74) is 4.56. The summed E-state index contributed by atoms with van der Waals surface area (Å²) >= 11 is 0. The van der Waals surface area contributed by atoms with Gasteiger partial charge >= 0.3 is 6.03 Å². The van der Waals surface area contributed by atoms with E-state index in [4.69, 9.17) is 4.74 Å². The monoisotopic (exact) mass is 215 g/mol. The lowest BCUT2D eigenvalue weighted by Gasteiger charge is -2.14. The van der Waals surface area contributed by atoms with Crippen LogP contribution in [0.4, 0.5) is 4.79 Å². The fourth-order valence-electron chi connectivity index (χ4n) is 1.42. The van der Waals surface area contributed by atoms with Crippen LogP contribution in [0.2, 0.25) is 0 Å². The minimum absolute atomic E-state index is 0.195. The Kier molecular flexibility index (Phi) is 4.36. The molecule has 1 saturated heterocycles. The number of ether oxygens (including phenoxy) is 1. The summed E-state index contributed by atoms with van der Waals surface area (Å²) in [6, 6.07) is -0.420. The second-order valence-corrected chi connectivity index (χ2v) is 3.53. The Bertz CT molecular complexity index is 245. The van der Waals surface area contributed by atoms with Crippen LogP contribution in [0.3, 0.4) is 0 Å². The molecule has 2 atom stereocenters. The summed E-state index contributed by atoms with van der Waals surface area (Å²) in [5.74, 6) is -0.104. The molecule has 3 amide bonds. The Morgan fingerprint density at radius 3 is 2.67 bits per heavy atom. The molecule has 1 aliphatic rings. The summed E-state index contributed by atoms with van der Waals surface area (Å²) in [7, 11) is 0. The van der Waals surface area contributed by atoms with Crippen LogP contribution in [0.1, 0.15) is 20.3 Å². The van der Waals surface area contributed by atoms with Gasteiger partial charge in [-0.1, -0.05) is 6.92 Å². The Labute approximate surface area is 88.7 Å². The van der Waals surface area contributed by atoms with E-state index in [0.29, 0.717) is 13.2 Å². The van der Waals surface area contributed by atoms with Crippen LogP contribution in [-0.4, -0.2) is 31.2 Å². The normalized spacial score (nSPS) is 24.7. The highest BCUT2D eigenvalue weighted by molar-refractivity contribution is 5.84. The largest absolute Gasteiger partial charge is 0.368 e. The van der Waals surface area contributed by atoms with Gasteiger partial charge in [0.25, 0.3) is 5.91 Å². The Morgan fingerprint density at radius 2 is 2.13 bits per heavy atom. The van der Waals surface area contributed by atoms with E-state index < -0.39 is 12.1 Å². The van der Waals surface area contributed by atoms with Crippen molar-refractivity contribution in [2.45, 2.75) is 26.4 Å². The molecule has 0 aliphatic carbocycles. The van der Waals surface area contributed by atoms with E-state index in [9.17, 15) is 9.59 Å². The highest BCUT2D eigenvalue weighted by atomic mass is 16.5. The molecular formula is C9H17N3O3. The summed E-state index contributed by atoms with van der Waals surface area (Å²) in [6.45, 7) is 4.85. The minimum Gasteiger partial charge on any atom is -0.368 e. The number of hydrazine groups is 1. The molecule has 0 unspecified atom stereocenters. The number of rotatable bonds is 2. The Morgan fingerprint density at radius 1 is 1.40 bits per heavy atom. The molecule has 3 N–H and O–H groups in total. The van der Waals surface area contributed by atoms with Gasteiger partial charge in [0.15, 0.2) is 0 Å². The topological polar surface area (TPSA) is 79.5 Å². The van der Waals surface area contributed by atoms with Gasteiger partial charge in [-0.3, -0.25) is 10.2 Å². The zero-order chi connectivity index (χ0) is 11.3. The molecule has 0 bridgehead atoms. The molecule has 6 heteroatoms. The van der Waals surface area contributed by atoms with Gasteiger partial charge in [-0.05, 0) is 19.3 Å². The van der Waals surface area contributed by atoms with Crippen molar-refractivity contribution < 1.29 is 14.3 Å². The first kappa shape index (κ1) is 11.8. The Balaban J connectivity index is 2.26. The molecule has 0 aromatic carbocycles. The number of urea groups is 1. The summed E-state index contributed by atoms with van der Waals surface area (Å²) in [4.78, 5) is 22.5. The van der Waals surface area contributed by atoms with Crippen LogP contribution in [0.25, 0.3) is 0 Å². The zero-order valence-corrected chi connectivity index (χ0v) is 9.00. The number of amides is 3. The van der Waals surface area contributed by atoms with Gasteiger partial charge in [0.1, 0.15) is 6.10 Å². The highest BCUT2D eigenvalue weighted by Crippen LogP contribution is 2.19. The molecule has 0 saturated carbocycles. The van der Waals surface area contributed by atoms with Crippen molar-refractivity contribution in [1.82, 2.24) is 16.2 Å². The highest BCUT2D eigenvalue weighted by Gasteiger charge is 2.30. The predicted octanol–water partition coefficient (Wildman–Crippen LogP) is -0.238. The van der Waals surface area contributed by atoms with Crippen molar-refractivity contribution >= 4 is 11.9 Å². The molecule has 1 rings (SSSR count). The van der Waals surface area contributed by atoms with E-state index in [1.165, 1.54) is 0 Å².